The Morgan fingerprint density at radius 1 is 0.791 bits per heavy atom. The van der Waals surface area contributed by atoms with Gasteiger partial charge in [-0.2, -0.15) is 0 Å². The molecule has 2 heterocycles. The molecule has 4 aromatic rings. The minimum Gasteiger partial charge on any atom is -0.508 e. The van der Waals surface area contributed by atoms with Crippen LogP contribution in [0.1, 0.15) is 10.4 Å². The van der Waals surface area contributed by atoms with Gasteiger partial charge in [0.25, 0.3) is 0 Å². The van der Waals surface area contributed by atoms with E-state index < -0.39 is 82.8 Å². The summed E-state index contributed by atoms with van der Waals surface area (Å²) in [4.78, 5) is 25.2. The van der Waals surface area contributed by atoms with Crippen molar-refractivity contribution in [2.24, 2.45) is 0 Å². The van der Waals surface area contributed by atoms with Crippen molar-refractivity contribution < 1.29 is 69.4 Å². The van der Waals surface area contributed by atoms with E-state index in [0.29, 0.717) is 0 Å². The molecule has 1 fully saturated rings. The van der Waals surface area contributed by atoms with Crippen LogP contribution in [0.15, 0.2) is 57.7 Å². The fourth-order valence-corrected chi connectivity index (χ4v) is 4.39. The largest absolute Gasteiger partial charge is 0.508 e. The van der Waals surface area contributed by atoms with Crippen LogP contribution in [0.3, 0.4) is 0 Å². The number of benzene rings is 3. The Labute approximate surface area is 239 Å². The van der Waals surface area contributed by atoms with Crippen LogP contribution in [-0.4, -0.2) is 89.2 Å². The van der Waals surface area contributed by atoms with Gasteiger partial charge in [-0.05, 0) is 36.4 Å². The van der Waals surface area contributed by atoms with Crippen molar-refractivity contribution in [3.63, 3.8) is 0 Å². The molecule has 5 unspecified atom stereocenters. The first-order valence-corrected chi connectivity index (χ1v) is 12.5. The van der Waals surface area contributed by atoms with Gasteiger partial charge < -0.3 is 64.6 Å². The highest BCUT2D eigenvalue weighted by molar-refractivity contribution is 5.91. The van der Waals surface area contributed by atoms with E-state index in [1.54, 1.807) is 0 Å². The summed E-state index contributed by atoms with van der Waals surface area (Å²) in [7, 11) is 0. The molecule has 0 radical (unpaired) electrons. The van der Waals surface area contributed by atoms with Crippen LogP contribution in [0.25, 0.3) is 22.3 Å². The van der Waals surface area contributed by atoms with Gasteiger partial charge in [0.05, 0.1) is 5.56 Å². The maximum absolute atomic E-state index is 12.8. The van der Waals surface area contributed by atoms with Gasteiger partial charge in [0.1, 0.15) is 59.2 Å². The van der Waals surface area contributed by atoms with Gasteiger partial charge in [0.15, 0.2) is 23.0 Å². The number of hydrogen-bond donors (Lipinski definition) is 9. The third-order valence-corrected chi connectivity index (χ3v) is 6.66. The number of aromatic hydroxyl groups is 6. The minimum absolute atomic E-state index is 0.0786. The van der Waals surface area contributed by atoms with E-state index >= 15 is 0 Å². The van der Waals surface area contributed by atoms with Crippen LogP contribution < -0.4 is 10.2 Å². The molecule has 15 nitrogen and oxygen atoms in total. The quantitative estimate of drug-likeness (QED) is 0.109. The zero-order valence-corrected chi connectivity index (χ0v) is 21.7. The van der Waals surface area contributed by atoms with Crippen molar-refractivity contribution in [3.05, 3.63) is 64.3 Å². The highest BCUT2D eigenvalue weighted by atomic mass is 16.7. The standard InChI is InChI=1S/C28H24O15/c29-12-3-1-10(2-4-12)26-24(37)22(35)19-14(30)7-13(8-17(19)42-26)41-28-25(38)23(36)21(34)18(43-28)9-40-27(39)11-5-15(31)20(33)16(32)6-11/h1-8,18,21,23,25,28-34,36-38H,9H2. The summed E-state index contributed by atoms with van der Waals surface area (Å²) in [6, 6.07) is 9.05. The molecule has 226 valence electrons. The second-order valence-corrected chi connectivity index (χ2v) is 9.57. The number of hydrogen-bond acceptors (Lipinski definition) is 15. The second-order valence-electron chi connectivity index (χ2n) is 9.57. The Morgan fingerprint density at radius 3 is 2.09 bits per heavy atom. The topological polar surface area (TPSA) is 257 Å². The molecule has 0 amide bonds. The van der Waals surface area contributed by atoms with Crippen LogP contribution in [0.5, 0.6) is 40.2 Å². The van der Waals surface area contributed by atoms with Gasteiger partial charge in [-0.3, -0.25) is 4.79 Å². The molecule has 43 heavy (non-hydrogen) atoms. The summed E-state index contributed by atoms with van der Waals surface area (Å²) in [5.74, 6) is -5.64. The molecule has 0 saturated carbocycles. The zero-order valence-electron chi connectivity index (χ0n) is 21.7. The van der Waals surface area contributed by atoms with Gasteiger partial charge in [0.2, 0.25) is 17.5 Å². The third-order valence-electron chi connectivity index (χ3n) is 6.66. The van der Waals surface area contributed by atoms with E-state index in [4.69, 9.17) is 18.6 Å². The van der Waals surface area contributed by atoms with Crippen LogP contribution in [0.2, 0.25) is 0 Å². The average molecular weight is 600 g/mol. The lowest BCUT2D eigenvalue weighted by Gasteiger charge is -2.39. The maximum atomic E-state index is 12.8. The second kappa shape index (κ2) is 11.2. The number of ether oxygens (including phenoxy) is 3. The summed E-state index contributed by atoms with van der Waals surface area (Å²) >= 11 is 0. The summed E-state index contributed by atoms with van der Waals surface area (Å²) in [5.41, 5.74) is -1.37. The molecule has 0 spiro atoms. The van der Waals surface area contributed by atoms with E-state index in [9.17, 15) is 55.5 Å². The third kappa shape index (κ3) is 5.52. The van der Waals surface area contributed by atoms with Crippen LogP contribution in [0.4, 0.5) is 0 Å². The molecular formula is C28H24O15. The molecule has 1 aliphatic rings. The fraction of sp³-hybridized carbons (Fsp3) is 0.214. The summed E-state index contributed by atoms with van der Waals surface area (Å²) in [6.45, 7) is -0.709. The van der Waals surface area contributed by atoms with Crippen molar-refractivity contribution >= 4 is 16.9 Å². The van der Waals surface area contributed by atoms with E-state index in [0.717, 1.165) is 24.3 Å². The molecule has 1 saturated heterocycles. The maximum Gasteiger partial charge on any atom is 0.338 e. The van der Waals surface area contributed by atoms with Crippen molar-refractivity contribution in [3.8, 4) is 51.6 Å². The van der Waals surface area contributed by atoms with Crippen LogP contribution in [0, 0.1) is 0 Å². The van der Waals surface area contributed by atoms with E-state index in [1.165, 1.54) is 24.3 Å². The Kier molecular flexibility index (Phi) is 7.64. The predicted octanol–water partition coefficient (Wildman–Crippen LogP) is 0.737. The number of fused-ring (bicyclic) bond motifs is 1. The molecule has 3 aromatic carbocycles. The van der Waals surface area contributed by atoms with Gasteiger partial charge >= 0.3 is 5.97 Å². The van der Waals surface area contributed by atoms with Crippen LogP contribution in [-0.2, 0) is 9.47 Å². The summed E-state index contributed by atoms with van der Waals surface area (Å²) in [6.07, 6.45) is -8.69. The van der Waals surface area contributed by atoms with Gasteiger partial charge in [-0.25, -0.2) is 4.79 Å². The number of phenolic OH excluding ortho intramolecular Hbond substituents is 5. The van der Waals surface area contributed by atoms with Gasteiger partial charge in [-0.1, -0.05) is 0 Å². The lowest BCUT2D eigenvalue weighted by molar-refractivity contribution is -0.277. The number of aliphatic hydroxyl groups is 3. The Balaban J connectivity index is 1.38. The first-order chi connectivity index (χ1) is 20.3. The molecule has 0 aliphatic carbocycles. The highest BCUT2D eigenvalue weighted by Crippen LogP contribution is 2.37. The monoisotopic (exact) mass is 600 g/mol. The Hall–Kier alpha value is -5.22. The number of phenols is 5. The molecule has 0 bridgehead atoms. The molecule has 5 atom stereocenters. The predicted molar refractivity (Wildman–Crippen MR) is 142 cm³/mol. The van der Waals surface area contributed by atoms with E-state index in [1.807, 2.05) is 0 Å². The van der Waals surface area contributed by atoms with Gasteiger partial charge in [0, 0.05) is 17.7 Å². The average Bonchev–Trinajstić information content (AvgIpc) is 2.97. The molecule has 9 N–H and O–H groups in total. The van der Waals surface area contributed by atoms with Gasteiger partial charge in [-0.15, -0.1) is 0 Å². The molecule has 1 aromatic heterocycles. The Morgan fingerprint density at radius 2 is 1.44 bits per heavy atom. The number of aliphatic hydroxyl groups excluding tert-OH is 3. The van der Waals surface area contributed by atoms with E-state index in [2.05, 4.69) is 0 Å². The number of carbonyl (C=O) groups excluding carboxylic acids is 1. The SMILES string of the molecule is O=C(OCC1OC(Oc2cc(O)c3c(=O)c(O)c(-c4ccc(O)cc4)oc3c2)C(O)C(O)C1O)c1cc(O)c(O)c(O)c1. The zero-order chi connectivity index (χ0) is 31.2. The fourth-order valence-electron chi connectivity index (χ4n) is 4.39. The van der Waals surface area contributed by atoms with Crippen molar-refractivity contribution in [1.29, 1.82) is 0 Å². The van der Waals surface area contributed by atoms with Crippen LogP contribution >= 0.6 is 0 Å². The lowest BCUT2D eigenvalue weighted by atomic mass is 9.99. The first kappa shape index (κ1) is 29.3. The molecule has 5 rings (SSSR count). The van der Waals surface area contributed by atoms with E-state index in [-0.39, 0.29) is 34.0 Å². The number of carbonyl (C=O) groups is 1. The number of rotatable bonds is 6. The smallest absolute Gasteiger partial charge is 0.338 e. The first-order valence-electron chi connectivity index (χ1n) is 12.5. The highest BCUT2D eigenvalue weighted by Gasteiger charge is 2.45. The summed E-state index contributed by atoms with van der Waals surface area (Å²) < 4.78 is 21.8. The lowest BCUT2D eigenvalue weighted by Crippen LogP contribution is -2.60. The molecule has 1 aliphatic heterocycles. The Bertz CT molecular complexity index is 1720. The van der Waals surface area contributed by atoms with Crippen molar-refractivity contribution in [1.82, 2.24) is 0 Å². The molecule has 15 heteroatoms. The normalized spacial score (nSPS) is 21.9. The summed E-state index contributed by atoms with van der Waals surface area (Å²) in [5, 5.41) is 89.9. The minimum atomic E-state index is -1.87. The van der Waals surface area contributed by atoms with Crippen molar-refractivity contribution in [2.75, 3.05) is 6.61 Å². The molecular weight excluding hydrogens is 576 g/mol. The number of esters is 1. The van der Waals surface area contributed by atoms with Crippen molar-refractivity contribution in [2.45, 2.75) is 30.7 Å².